The summed E-state index contributed by atoms with van der Waals surface area (Å²) < 4.78 is 5.58. The van der Waals surface area contributed by atoms with E-state index >= 15 is 0 Å². The molecule has 3 aliphatic rings. The smallest absolute Gasteiger partial charge is 0.407 e. The van der Waals surface area contributed by atoms with Gasteiger partial charge in [0.2, 0.25) is 5.91 Å². The van der Waals surface area contributed by atoms with Crippen LogP contribution in [0.3, 0.4) is 0 Å². The van der Waals surface area contributed by atoms with Gasteiger partial charge in [-0.2, -0.15) is 0 Å². The Bertz CT molecular complexity index is 1080. The Morgan fingerprint density at radius 1 is 1.03 bits per heavy atom. The molecule has 2 aromatic rings. The lowest BCUT2D eigenvalue weighted by molar-refractivity contribution is -0.157. The van der Waals surface area contributed by atoms with Gasteiger partial charge in [0.05, 0.1) is 5.41 Å². The average Bonchev–Trinajstić information content (AvgIpc) is 3.41. The van der Waals surface area contributed by atoms with E-state index in [4.69, 9.17) is 4.74 Å². The Balaban J connectivity index is 1.21. The molecule has 5 rings (SSSR count). The topological polar surface area (TPSA) is 95.9 Å². The number of nitrogens with one attached hydrogen (secondary N) is 1. The van der Waals surface area contributed by atoms with E-state index in [2.05, 4.69) is 29.6 Å². The fourth-order valence-electron chi connectivity index (χ4n) is 5.31. The molecule has 0 spiro atoms. The molecule has 172 valence electrons. The molecule has 1 aliphatic heterocycles. The normalized spacial score (nSPS) is 22.4. The highest BCUT2D eigenvalue weighted by molar-refractivity contribution is 5.92. The minimum Gasteiger partial charge on any atom is -0.480 e. The standard InChI is InChI=1S/C26H28N2O5/c1-25(23(30)31)11-6-14-28(25)22(29)26(12-13-26)16-27-24(32)33-15-21-19-9-4-2-7-17(19)18-8-3-5-10-20(18)21/h2-5,7-10,21H,6,11-16H2,1H3,(H,27,32)(H,30,31). The molecular formula is C26H28N2O5. The van der Waals surface area contributed by atoms with Gasteiger partial charge in [-0.05, 0) is 54.9 Å². The van der Waals surface area contributed by atoms with Crippen LogP contribution in [0, 0.1) is 5.41 Å². The van der Waals surface area contributed by atoms with Gasteiger partial charge in [-0.15, -0.1) is 0 Å². The number of alkyl carbamates (subject to hydrolysis) is 1. The van der Waals surface area contributed by atoms with Crippen LogP contribution in [0.1, 0.15) is 49.7 Å². The van der Waals surface area contributed by atoms with Crippen LogP contribution in [-0.2, 0) is 14.3 Å². The van der Waals surface area contributed by atoms with E-state index in [9.17, 15) is 19.5 Å². The predicted octanol–water partition coefficient (Wildman–Crippen LogP) is 3.77. The van der Waals surface area contributed by atoms with Crippen molar-refractivity contribution in [3.8, 4) is 11.1 Å². The van der Waals surface area contributed by atoms with Crippen LogP contribution in [0.25, 0.3) is 11.1 Å². The summed E-state index contributed by atoms with van der Waals surface area (Å²) in [5.41, 5.74) is 2.72. The number of carboxylic acid groups (broad SMARTS) is 1. The number of hydrogen-bond donors (Lipinski definition) is 2. The number of aliphatic carboxylic acids is 1. The van der Waals surface area contributed by atoms with Crippen molar-refractivity contribution in [3.63, 3.8) is 0 Å². The van der Waals surface area contributed by atoms with Gasteiger partial charge >= 0.3 is 12.1 Å². The van der Waals surface area contributed by atoms with Crippen LogP contribution in [-0.4, -0.2) is 53.2 Å². The molecule has 2 aromatic carbocycles. The third kappa shape index (κ3) is 3.56. The number of rotatable bonds is 6. The number of fused-ring (bicyclic) bond motifs is 3. The summed E-state index contributed by atoms with van der Waals surface area (Å²) in [5.74, 6) is -1.18. The fourth-order valence-corrected chi connectivity index (χ4v) is 5.31. The second kappa shape index (κ2) is 7.90. The minimum atomic E-state index is -1.17. The van der Waals surface area contributed by atoms with Crippen LogP contribution >= 0.6 is 0 Å². The van der Waals surface area contributed by atoms with Crippen molar-refractivity contribution in [2.75, 3.05) is 19.7 Å². The van der Waals surface area contributed by atoms with Gasteiger partial charge in [0.15, 0.2) is 0 Å². The Kier molecular flexibility index (Phi) is 5.15. The molecule has 2 amide bonds. The van der Waals surface area contributed by atoms with Gasteiger partial charge in [-0.1, -0.05) is 48.5 Å². The summed E-state index contributed by atoms with van der Waals surface area (Å²) in [7, 11) is 0. The van der Waals surface area contributed by atoms with Crippen molar-refractivity contribution in [2.24, 2.45) is 5.41 Å². The van der Waals surface area contributed by atoms with Gasteiger partial charge in [-0.25, -0.2) is 9.59 Å². The molecule has 1 unspecified atom stereocenters. The quantitative estimate of drug-likeness (QED) is 0.701. The number of hydrogen-bond acceptors (Lipinski definition) is 4. The van der Waals surface area contributed by atoms with Gasteiger partial charge < -0.3 is 20.1 Å². The first-order valence-electron chi connectivity index (χ1n) is 11.5. The molecule has 0 radical (unpaired) electrons. The van der Waals surface area contributed by atoms with E-state index in [1.165, 1.54) is 4.90 Å². The molecule has 2 aliphatic carbocycles. The van der Waals surface area contributed by atoms with Gasteiger partial charge in [0, 0.05) is 19.0 Å². The van der Waals surface area contributed by atoms with Crippen LogP contribution in [0.15, 0.2) is 48.5 Å². The Morgan fingerprint density at radius 2 is 1.64 bits per heavy atom. The summed E-state index contributed by atoms with van der Waals surface area (Å²) in [6, 6.07) is 16.3. The van der Waals surface area contributed by atoms with E-state index in [1.807, 2.05) is 24.3 Å². The molecule has 7 nitrogen and oxygen atoms in total. The first-order chi connectivity index (χ1) is 15.9. The first kappa shape index (κ1) is 21.5. The summed E-state index contributed by atoms with van der Waals surface area (Å²) in [5, 5.41) is 12.4. The molecule has 0 bridgehead atoms. The molecule has 1 atom stereocenters. The van der Waals surface area contributed by atoms with E-state index in [-0.39, 0.29) is 25.0 Å². The van der Waals surface area contributed by atoms with E-state index in [1.54, 1.807) is 6.92 Å². The molecule has 0 aromatic heterocycles. The van der Waals surface area contributed by atoms with Crippen molar-refractivity contribution < 1.29 is 24.2 Å². The van der Waals surface area contributed by atoms with Crippen LogP contribution in [0.4, 0.5) is 4.79 Å². The maximum absolute atomic E-state index is 13.2. The third-order valence-electron chi connectivity index (χ3n) is 7.57. The zero-order chi connectivity index (χ0) is 23.2. The van der Waals surface area contributed by atoms with Gasteiger partial charge in [-0.3, -0.25) is 4.79 Å². The largest absolute Gasteiger partial charge is 0.480 e. The minimum absolute atomic E-state index is 0.0273. The third-order valence-corrected chi connectivity index (χ3v) is 7.57. The predicted molar refractivity (Wildman–Crippen MR) is 122 cm³/mol. The van der Waals surface area contributed by atoms with Crippen LogP contribution in [0.2, 0.25) is 0 Å². The monoisotopic (exact) mass is 448 g/mol. The SMILES string of the molecule is CC1(C(=O)O)CCCN1C(=O)C1(CNC(=O)OCC2c3ccccc3-c3ccccc32)CC1. The van der Waals surface area contributed by atoms with Gasteiger partial charge in [0.1, 0.15) is 12.1 Å². The van der Waals surface area contributed by atoms with E-state index < -0.39 is 23.0 Å². The van der Waals surface area contributed by atoms with E-state index in [0.717, 1.165) is 22.3 Å². The zero-order valence-corrected chi connectivity index (χ0v) is 18.7. The number of amides is 2. The number of nitrogens with zero attached hydrogens (tertiary/aromatic N) is 1. The molecular weight excluding hydrogens is 420 g/mol. The average molecular weight is 449 g/mol. The van der Waals surface area contributed by atoms with Crippen molar-refractivity contribution in [2.45, 2.75) is 44.1 Å². The Morgan fingerprint density at radius 3 is 2.21 bits per heavy atom. The number of carbonyl (C=O) groups is 3. The lowest BCUT2D eigenvalue weighted by atomic mass is 9.96. The molecule has 1 heterocycles. The van der Waals surface area contributed by atoms with E-state index in [0.29, 0.717) is 32.2 Å². The summed E-state index contributed by atoms with van der Waals surface area (Å²) >= 11 is 0. The van der Waals surface area contributed by atoms with Crippen molar-refractivity contribution in [1.82, 2.24) is 10.2 Å². The summed E-state index contributed by atoms with van der Waals surface area (Å²) in [6.45, 7) is 2.42. The number of carboxylic acids is 1. The molecule has 2 N–H and O–H groups in total. The van der Waals surface area contributed by atoms with Crippen molar-refractivity contribution in [3.05, 3.63) is 59.7 Å². The zero-order valence-electron chi connectivity index (χ0n) is 18.7. The van der Waals surface area contributed by atoms with Gasteiger partial charge in [0.25, 0.3) is 0 Å². The number of benzene rings is 2. The molecule has 7 heteroatoms. The Hall–Kier alpha value is -3.35. The first-order valence-corrected chi connectivity index (χ1v) is 11.5. The highest BCUT2D eigenvalue weighted by atomic mass is 16.5. The van der Waals surface area contributed by atoms with Crippen LogP contribution < -0.4 is 5.32 Å². The lowest BCUT2D eigenvalue weighted by Crippen LogP contribution is -2.54. The number of carbonyl (C=O) groups excluding carboxylic acids is 2. The highest BCUT2D eigenvalue weighted by Gasteiger charge is 2.57. The molecule has 33 heavy (non-hydrogen) atoms. The second-order valence-electron chi connectivity index (χ2n) is 9.60. The molecule has 2 fully saturated rings. The highest BCUT2D eigenvalue weighted by Crippen LogP contribution is 2.49. The summed E-state index contributed by atoms with van der Waals surface area (Å²) in [4.78, 5) is 38.9. The Labute approximate surface area is 192 Å². The molecule has 1 saturated heterocycles. The maximum Gasteiger partial charge on any atom is 0.407 e. The molecule has 1 saturated carbocycles. The maximum atomic E-state index is 13.2. The van der Waals surface area contributed by atoms with Crippen LogP contribution in [0.5, 0.6) is 0 Å². The summed E-state index contributed by atoms with van der Waals surface area (Å²) in [6.07, 6.45) is 1.84. The number of likely N-dealkylation sites (tertiary alicyclic amines) is 1. The number of ether oxygens (including phenoxy) is 1. The lowest BCUT2D eigenvalue weighted by Gasteiger charge is -2.34. The second-order valence-corrected chi connectivity index (χ2v) is 9.60. The van der Waals surface area contributed by atoms with Crippen molar-refractivity contribution >= 4 is 18.0 Å². The fraction of sp³-hybridized carbons (Fsp3) is 0.423. The van der Waals surface area contributed by atoms with Crippen molar-refractivity contribution in [1.29, 1.82) is 0 Å².